The second-order valence-electron chi connectivity index (χ2n) is 6.99. The molecule has 5 nitrogen and oxygen atoms in total. The number of amides is 1. The van der Waals surface area contributed by atoms with Crippen molar-refractivity contribution in [1.29, 1.82) is 0 Å². The second-order valence-corrected chi connectivity index (χ2v) is 7.40. The smallest absolute Gasteiger partial charge is 0.353 e. The zero-order chi connectivity index (χ0) is 21.0. The molecule has 0 saturated carbocycles. The molecule has 2 aromatic rings. The molecule has 1 aliphatic heterocycles. The van der Waals surface area contributed by atoms with E-state index in [-0.39, 0.29) is 17.5 Å². The molecule has 0 aliphatic carbocycles. The molecule has 0 atom stereocenters. The van der Waals surface area contributed by atoms with Gasteiger partial charge in [-0.05, 0) is 24.1 Å². The summed E-state index contributed by atoms with van der Waals surface area (Å²) >= 11 is 6.02. The number of carbonyl (C=O) groups excluding carboxylic acids is 1. The van der Waals surface area contributed by atoms with Gasteiger partial charge in [0.05, 0.1) is 17.1 Å². The van der Waals surface area contributed by atoms with Crippen LogP contribution in [0.4, 0.5) is 19.0 Å². The van der Waals surface area contributed by atoms with E-state index in [0.29, 0.717) is 38.5 Å². The summed E-state index contributed by atoms with van der Waals surface area (Å²) in [7, 11) is 0. The van der Waals surface area contributed by atoms with Crippen molar-refractivity contribution < 1.29 is 18.0 Å². The number of aryl methyl sites for hydroxylation is 1. The van der Waals surface area contributed by atoms with Crippen molar-refractivity contribution >= 4 is 23.3 Å². The standard InChI is InChI=1S/C20H22ClF3N4O/c1-14-4-2-3-5-15(14)11-25-18(29)13-27-6-8-28(9-7-27)19-17(21)10-16(12-26-19)20(22,23)24/h2-5,10,12H,6-9,11,13H2,1H3,(H,25,29). The van der Waals surface area contributed by atoms with E-state index in [1.807, 2.05) is 41.0 Å². The van der Waals surface area contributed by atoms with Crippen LogP contribution in [-0.2, 0) is 17.5 Å². The molecule has 1 N–H and O–H groups in total. The van der Waals surface area contributed by atoms with E-state index in [9.17, 15) is 18.0 Å². The summed E-state index contributed by atoms with van der Waals surface area (Å²) in [6.07, 6.45) is -3.67. The summed E-state index contributed by atoms with van der Waals surface area (Å²) in [5.41, 5.74) is 1.34. The van der Waals surface area contributed by atoms with Gasteiger partial charge in [0, 0.05) is 38.9 Å². The molecule has 9 heteroatoms. The van der Waals surface area contributed by atoms with E-state index in [1.54, 1.807) is 0 Å². The highest BCUT2D eigenvalue weighted by Gasteiger charge is 2.32. The van der Waals surface area contributed by atoms with Crippen molar-refractivity contribution in [2.45, 2.75) is 19.6 Å². The van der Waals surface area contributed by atoms with Gasteiger partial charge in [0.15, 0.2) is 0 Å². The molecule has 0 unspecified atom stereocenters. The summed E-state index contributed by atoms with van der Waals surface area (Å²) in [6.45, 7) is 5.01. The van der Waals surface area contributed by atoms with E-state index >= 15 is 0 Å². The lowest BCUT2D eigenvalue weighted by Gasteiger charge is -2.35. The Kier molecular flexibility index (Phi) is 6.64. The molecule has 0 radical (unpaired) electrons. The zero-order valence-electron chi connectivity index (χ0n) is 16.0. The number of hydrogen-bond acceptors (Lipinski definition) is 4. The van der Waals surface area contributed by atoms with Crippen LogP contribution in [-0.4, -0.2) is 48.5 Å². The highest BCUT2D eigenvalue weighted by molar-refractivity contribution is 6.33. The Hall–Kier alpha value is -2.32. The van der Waals surface area contributed by atoms with Gasteiger partial charge in [0.25, 0.3) is 0 Å². The minimum atomic E-state index is -4.47. The third-order valence-electron chi connectivity index (χ3n) is 4.93. The average molecular weight is 427 g/mol. The topological polar surface area (TPSA) is 48.5 Å². The third kappa shape index (κ3) is 5.61. The molecule has 0 bridgehead atoms. The van der Waals surface area contributed by atoms with Crippen molar-refractivity contribution in [3.63, 3.8) is 0 Å². The lowest BCUT2D eigenvalue weighted by molar-refractivity contribution is -0.137. The number of aromatic nitrogens is 1. The van der Waals surface area contributed by atoms with Gasteiger partial charge in [0.2, 0.25) is 5.91 Å². The summed E-state index contributed by atoms with van der Waals surface area (Å²) in [6, 6.07) is 8.78. The fourth-order valence-electron chi connectivity index (χ4n) is 3.20. The Balaban J connectivity index is 1.49. The van der Waals surface area contributed by atoms with Crippen LogP contribution in [0, 0.1) is 6.92 Å². The normalized spacial score (nSPS) is 15.4. The minimum Gasteiger partial charge on any atom is -0.353 e. The van der Waals surface area contributed by atoms with Crippen LogP contribution < -0.4 is 10.2 Å². The molecule has 1 aliphatic rings. The van der Waals surface area contributed by atoms with Crippen LogP contribution in [0.1, 0.15) is 16.7 Å². The van der Waals surface area contributed by atoms with Crippen LogP contribution in [0.15, 0.2) is 36.5 Å². The van der Waals surface area contributed by atoms with Gasteiger partial charge in [-0.25, -0.2) is 4.98 Å². The lowest BCUT2D eigenvalue weighted by Crippen LogP contribution is -2.49. The van der Waals surface area contributed by atoms with E-state index in [4.69, 9.17) is 11.6 Å². The van der Waals surface area contributed by atoms with Gasteiger partial charge in [-0.3, -0.25) is 9.69 Å². The van der Waals surface area contributed by atoms with E-state index in [2.05, 4.69) is 10.3 Å². The third-order valence-corrected chi connectivity index (χ3v) is 5.20. The second kappa shape index (κ2) is 9.00. The Labute approximate surface area is 172 Å². The van der Waals surface area contributed by atoms with Crippen LogP contribution in [0.2, 0.25) is 5.02 Å². The van der Waals surface area contributed by atoms with Gasteiger partial charge in [0.1, 0.15) is 5.82 Å². The maximum Gasteiger partial charge on any atom is 0.417 e. The van der Waals surface area contributed by atoms with Gasteiger partial charge in [-0.15, -0.1) is 0 Å². The molecular weight excluding hydrogens is 405 g/mol. The summed E-state index contributed by atoms with van der Waals surface area (Å²) in [4.78, 5) is 20.0. The maximum absolute atomic E-state index is 12.8. The fourth-order valence-corrected chi connectivity index (χ4v) is 3.48. The Morgan fingerprint density at radius 1 is 1.21 bits per heavy atom. The minimum absolute atomic E-state index is 0.0238. The molecule has 2 heterocycles. The first kappa shape index (κ1) is 21.4. The number of piperazine rings is 1. The summed E-state index contributed by atoms with van der Waals surface area (Å²) in [5, 5.41) is 2.90. The number of carbonyl (C=O) groups is 1. The van der Waals surface area contributed by atoms with Crippen LogP contribution in [0.25, 0.3) is 0 Å². The average Bonchev–Trinajstić information content (AvgIpc) is 2.67. The largest absolute Gasteiger partial charge is 0.417 e. The molecule has 1 aromatic heterocycles. The Morgan fingerprint density at radius 2 is 1.90 bits per heavy atom. The molecule has 1 amide bonds. The molecule has 1 fully saturated rings. The molecule has 156 valence electrons. The number of nitrogens with zero attached hydrogens (tertiary/aromatic N) is 3. The molecule has 29 heavy (non-hydrogen) atoms. The van der Waals surface area contributed by atoms with Gasteiger partial charge < -0.3 is 10.2 Å². The number of rotatable bonds is 5. The van der Waals surface area contributed by atoms with Crippen molar-refractivity contribution in [2.75, 3.05) is 37.6 Å². The Bertz CT molecular complexity index is 867. The SMILES string of the molecule is Cc1ccccc1CNC(=O)CN1CCN(c2ncc(C(F)(F)F)cc2Cl)CC1. The number of hydrogen-bond donors (Lipinski definition) is 1. The summed E-state index contributed by atoms with van der Waals surface area (Å²) in [5.74, 6) is 0.274. The quantitative estimate of drug-likeness (QED) is 0.795. The predicted molar refractivity (Wildman–Crippen MR) is 106 cm³/mol. The number of nitrogens with one attached hydrogen (secondary N) is 1. The van der Waals surface area contributed by atoms with Crippen LogP contribution >= 0.6 is 11.6 Å². The highest BCUT2D eigenvalue weighted by atomic mass is 35.5. The van der Waals surface area contributed by atoms with Crippen molar-refractivity contribution in [2.24, 2.45) is 0 Å². The number of halogens is 4. The van der Waals surface area contributed by atoms with Crippen molar-refractivity contribution in [3.05, 3.63) is 58.2 Å². The van der Waals surface area contributed by atoms with Crippen LogP contribution in [0.3, 0.4) is 0 Å². The molecule has 0 spiro atoms. The predicted octanol–water partition coefficient (Wildman–Crippen LogP) is 3.50. The number of alkyl halides is 3. The first-order valence-corrected chi connectivity index (χ1v) is 9.63. The lowest BCUT2D eigenvalue weighted by atomic mass is 10.1. The molecule has 1 saturated heterocycles. The van der Waals surface area contributed by atoms with E-state index in [1.165, 1.54) is 0 Å². The molecule has 1 aromatic carbocycles. The van der Waals surface area contributed by atoms with E-state index < -0.39 is 11.7 Å². The summed E-state index contributed by atoms with van der Waals surface area (Å²) < 4.78 is 38.3. The van der Waals surface area contributed by atoms with Gasteiger partial charge in [-0.2, -0.15) is 13.2 Å². The van der Waals surface area contributed by atoms with E-state index in [0.717, 1.165) is 23.4 Å². The molecular formula is C20H22ClF3N4O. The zero-order valence-corrected chi connectivity index (χ0v) is 16.7. The number of anilines is 1. The highest BCUT2D eigenvalue weighted by Crippen LogP contribution is 2.33. The Morgan fingerprint density at radius 3 is 2.52 bits per heavy atom. The van der Waals surface area contributed by atoms with Crippen molar-refractivity contribution in [3.8, 4) is 0 Å². The van der Waals surface area contributed by atoms with Crippen molar-refractivity contribution in [1.82, 2.24) is 15.2 Å². The van der Waals surface area contributed by atoms with Crippen LogP contribution in [0.5, 0.6) is 0 Å². The first-order valence-electron chi connectivity index (χ1n) is 9.25. The monoisotopic (exact) mass is 426 g/mol. The fraction of sp³-hybridized carbons (Fsp3) is 0.400. The van der Waals surface area contributed by atoms with Gasteiger partial charge >= 0.3 is 6.18 Å². The first-order chi connectivity index (χ1) is 13.7. The number of benzene rings is 1. The molecule has 3 rings (SSSR count). The number of pyridine rings is 1. The maximum atomic E-state index is 12.8. The van der Waals surface area contributed by atoms with Gasteiger partial charge in [-0.1, -0.05) is 35.9 Å².